The minimum Gasteiger partial charge on any atom is -0.313 e. The Hall–Kier alpha value is -2.87. The van der Waals surface area contributed by atoms with E-state index in [1.807, 2.05) is 12.1 Å². The zero-order chi connectivity index (χ0) is 21.3. The Bertz CT molecular complexity index is 965. The van der Waals surface area contributed by atoms with Gasteiger partial charge in [0, 0.05) is 18.1 Å². The number of carbonyl (C=O) groups is 3. The van der Waals surface area contributed by atoms with Crippen LogP contribution in [0.5, 0.6) is 0 Å². The zero-order valence-electron chi connectivity index (χ0n) is 16.8. The molecule has 1 aromatic heterocycles. The summed E-state index contributed by atoms with van der Waals surface area (Å²) in [4.78, 5) is 41.0. The average molecular weight is 430 g/mol. The Morgan fingerprint density at radius 2 is 1.83 bits per heavy atom. The first-order chi connectivity index (χ1) is 14.4. The van der Waals surface area contributed by atoms with Gasteiger partial charge < -0.3 is 10.2 Å². The van der Waals surface area contributed by atoms with E-state index in [0.717, 1.165) is 29.7 Å². The summed E-state index contributed by atoms with van der Waals surface area (Å²) in [6.07, 6.45) is 5.78. The summed E-state index contributed by atoms with van der Waals surface area (Å²) in [5.74, 6) is -0.204. The first kappa shape index (κ1) is 20.4. The molecule has 0 atom stereocenters. The maximum Gasteiger partial charge on any atom is 0.327 e. The Morgan fingerprint density at radius 1 is 1.13 bits per heavy atom. The number of hydrogen-bond donors (Lipinski definition) is 1. The van der Waals surface area contributed by atoms with Crippen LogP contribution in [0.15, 0.2) is 36.5 Å². The lowest BCUT2D eigenvalue weighted by Crippen LogP contribution is -2.49. The minimum atomic E-state index is -0.786. The highest BCUT2D eigenvalue weighted by atomic mass is 35.5. The summed E-state index contributed by atoms with van der Waals surface area (Å²) in [5, 5.41) is 7.66. The molecule has 2 fully saturated rings. The second-order valence-electron chi connectivity index (χ2n) is 7.87. The van der Waals surface area contributed by atoms with Gasteiger partial charge in [-0.25, -0.2) is 9.48 Å². The third-order valence-corrected chi connectivity index (χ3v) is 6.27. The summed E-state index contributed by atoms with van der Waals surface area (Å²) in [6, 6.07) is 8.62. The van der Waals surface area contributed by atoms with Crippen molar-refractivity contribution in [1.29, 1.82) is 0 Å². The number of aromatic nitrogens is 2. The number of likely N-dealkylation sites (N-methyl/N-ethyl adjacent to an activating group) is 1. The number of nitrogens with one attached hydrogen (secondary N) is 1. The molecule has 1 aliphatic carbocycles. The molecule has 0 bridgehead atoms. The second kappa shape index (κ2) is 8.10. The van der Waals surface area contributed by atoms with Crippen molar-refractivity contribution < 1.29 is 14.4 Å². The SMILES string of the molecule is CN1C(=O)N(CC(=O)Nc2ccnn2Cc2ccc(Cl)cc2)C(=O)C12CCCCC2. The van der Waals surface area contributed by atoms with Gasteiger partial charge in [0.1, 0.15) is 17.9 Å². The Morgan fingerprint density at radius 3 is 2.53 bits per heavy atom. The first-order valence-corrected chi connectivity index (χ1v) is 10.4. The topological polar surface area (TPSA) is 87.5 Å². The van der Waals surface area contributed by atoms with Gasteiger partial charge in [0.15, 0.2) is 0 Å². The van der Waals surface area contributed by atoms with Gasteiger partial charge in [0.2, 0.25) is 5.91 Å². The van der Waals surface area contributed by atoms with Crippen molar-refractivity contribution in [2.24, 2.45) is 0 Å². The molecule has 2 heterocycles. The minimum absolute atomic E-state index is 0.264. The van der Waals surface area contributed by atoms with Crippen molar-refractivity contribution in [1.82, 2.24) is 19.6 Å². The van der Waals surface area contributed by atoms with Gasteiger partial charge in [-0.15, -0.1) is 0 Å². The van der Waals surface area contributed by atoms with E-state index in [9.17, 15) is 14.4 Å². The maximum absolute atomic E-state index is 13.0. The van der Waals surface area contributed by atoms with E-state index in [4.69, 9.17) is 11.6 Å². The molecule has 1 N–H and O–H groups in total. The Kier molecular flexibility index (Phi) is 5.51. The molecule has 0 radical (unpaired) electrons. The van der Waals surface area contributed by atoms with Crippen molar-refractivity contribution in [3.05, 3.63) is 47.1 Å². The fourth-order valence-electron chi connectivity index (χ4n) is 4.32. The van der Waals surface area contributed by atoms with Gasteiger partial charge in [-0.1, -0.05) is 43.0 Å². The van der Waals surface area contributed by atoms with Crippen LogP contribution in [0, 0.1) is 0 Å². The van der Waals surface area contributed by atoms with Crippen LogP contribution in [-0.2, 0) is 16.1 Å². The number of benzene rings is 1. The highest BCUT2D eigenvalue weighted by Crippen LogP contribution is 2.39. The number of anilines is 1. The van der Waals surface area contributed by atoms with Crippen LogP contribution in [0.4, 0.5) is 10.6 Å². The van der Waals surface area contributed by atoms with Crippen LogP contribution in [0.1, 0.15) is 37.7 Å². The molecular formula is C21H24ClN5O3. The number of hydrogen-bond acceptors (Lipinski definition) is 4. The first-order valence-electron chi connectivity index (χ1n) is 10.1. The van der Waals surface area contributed by atoms with Gasteiger partial charge in [-0.3, -0.25) is 14.5 Å². The molecule has 1 saturated heterocycles. The molecule has 4 amide bonds. The third kappa shape index (κ3) is 3.67. The summed E-state index contributed by atoms with van der Waals surface area (Å²) < 4.78 is 1.64. The third-order valence-electron chi connectivity index (χ3n) is 6.02. The normalized spacial score (nSPS) is 18.3. The number of urea groups is 1. The molecule has 1 aliphatic heterocycles. The molecule has 158 valence electrons. The van der Waals surface area contributed by atoms with Gasteiger partial charge >= 0.3 is 6.03 Å². The van der Waals surface area contributed by atoms with E-state index < -0.39 is 17.5 Å². The molecule has 4 rings (SSSR count). The molecule has 8 nitrogen and oxygen atoms in total. The Labute approximate surface area is 179 Å². The van der Waals surface area contributed by atoms with E-state index in [1.165, 1.54) is 4.90 Å². The monoisotopic (exact) mass is 429 g/mol. The van der Waals surface area contributed by atoms with Gasteiger partial charge in [-0.05, 0) is 30.5 Å². The largest absolute Gasteiger partial charge is 0.327 e. The predicted octanol–water partition coefficient (Wildman–Crippen LogP) is 3.12. The maximum atomic E-state index is 13.0. The molecule has 1 aromatic carbocycles. The fourth-order valence-corrected chi connectivity index (χ4v) is 4.45. The van der Waals surface area contributed by atoms with Crippen LogP contribution < -0.4 is 5.32 Å². The molecule has 2 aromatic rings. The van der Waals surface area contributed by atoms with Crippen molar-refractivity contribution >= 4 is 35.3 Å². The van der Waals surface area contributed by atoms with E-state index >= 15 is 0 Å². The predicted molar refractivity (Wildman–Crippen MR) is 112 cm³/mol. The summed E-state index contributed by atoms with van der Waals surface area (Å²) in [7, 11) is 1.66. The highest BCUT2D eigenvalue weighted by molar-refractivity contribution is 6.30. The van der Waals surface area contributed by atoms with Gasteiger partial charge in [0.25, 0.3) is 5.91 Å². The number of rotatable bonds is 5. The lowest BCUT2D eigenvalue weighted by atomic mass is 9.81. The molecule has 1 spiro atoms. The van der Waals surface area contributed by atoms with Gasteiger partial charge in [0.05, 0.1) is 12.7 Å². The number of carbonyl (C=O) groups excluding carboxylic acids is 3. The lowest BCUT2D eigenvalue weighted by Gasteiger charge is -2.35. The number of halogens is 1. The molecule has 9 heteroatoms. The number of nitrogens with zero attached hydrogens (tertiary/aromatic N) is 4. The van der Waals surface area contributed by atoms with Gasteiger partial charge in [-0.2, -0.15) is 5.10 Å². The Balaban J connectivity index is 1.43. The van der Waals surface area contributed by atoms with E-state index in [2.05, 4.69) is 10.4 Å². The lowest BCUT2D eigenvalue weighted by molar-refractivity contribution is -0.136. The van der Waals surface area contributed by atoms with Crippen molar-refractivity contribution in [3.8, 4) is 0 Å². The van der Waals surface area contributed by atoms with E-state index in [1.54, 1.807) is 36.1 Å². The number of amides is 4. The molecule has 1 saturated carbocycles. The fraction of sp³-hybridized carbons (Fsp3) is 0.429. The zero-order valence-corrected chi connectivity index (χ0v) is 17.6. The summed E-state index contributed by atoms with van der Waals surface area (Å²) >= 11 is 5.92. The van der Waals surface area contributed by atoms with Crippen LogP contribution in [0.25, 0.3) is 0 Å². The molecule has 0 unspecified atom stereocenters. The van der Waals surface area contributed by atoms with Crippen LogP contribution in [-0.4, -0.2) is 56.6 Å². The molecule has 2 aliphatic rings. The average Bonchev–Trinajstić information content (AvgIpc) is 3.24. The summed E-state index contributed by atoms with van der Waals surface area (Å²) in [5.41, 5.74) is 0.191. The van der Waals surface area contributed by atoms with Crippen LogP contribution in [0.2, 0.25) is 5.02 Å². The van der Waals surface area contributed by atoms with E-state index in [-0.39, 0.29) is 12.5 Å². The number of imide groups is 1. The smallest absolute Gasteiger partial charge is 0.313 e. The van der Waals surface area contributed by atoms with Crippen molar-refractivity contribution in [2.45, 2.75) is 44.2 Å². The molecular weight excluding hydrogens is 406 g/mol. The molecule has 30 heavy (non-hydrogen) atoms. The van der Waals surface area contributed by atoms with Crippen LogP contribution >= 0.6 is 11.6 Å². The highest BCUT2D eigenvalue weighted by Gasteiger charge is 2.55. The van der Waals surface area contributed by atoms with Crippen molar-refractivity contribution in [3.63, 3.8) is 0 Å². The van der Waals surface area contributed by atoms with E-state index in [0.29, 0.717) is 30.2 Å². The standard InChI is InChI=1S/C21H24ClN5O3/c1-25-20(30)26(19(29)21(25)10-3-2-4-11-21)14-18(28)24-17-9-12-23-27(17)13-15-5-7-16(22)8-6-15/h5-9,12H,2-4,10-11,13-14H2,1H3,(H,24,28). The van der Waals surface area contributed by atoms with Crippen LogP contribution in [0.3, 0.4) is 0 Å². The van der Waals surface area contributed by atoms with Crippen molar-refractivity contribution in [2.75, 3.05) is 18.9 Å². The quantitative estimate of drug-likeness (QED) is 0.739. The second-order valence-corrected chi connectivity index (χ2v) is 8.31. The summed E-state index contributed by atoms with van der Waals surface area (Å²) in [6.45, 7) is 0.142.